The van der Waals surface area contributed by atoms with E-state index in [4.69, 9.17) is 5.26 Å². The lowest BCUT2D eigenvalue weighted by Crippen LogP contribution is -2.18. The van der Waals surface area contributed by atoms with E-state index in [-0.39, 0.29) is 11.5 Å². The first kappa shape index (κ1) is 18.6. The predicted molar refractivity (Wildman–Crippen MR) is 109 cm³/mol. The van der Waals surface area contributed by atoms with Crippen LogP contribution in [0.4, 0.5) is 8.78 Å². The van der Waals surface area contributed by atoms with Crippen molar-refractivity contribution in [2.45, 2.75) is 45.2 Å². The molecule has 0 heterocycles. The quantitative estimate of drug-likeness (QED) is 0.470. The SMILES string of the molecule is CCCC[C@H]1CCc2c(ccc3cc(-c4ccc(C#N)c(F)c4)ccc23)[C@@H]1F. The molecule has 0 fully saturated rings. The van der Waals surface area contributed by atoms with Gasteiger partial charge in [0, 0.05) is 0 Å². The molecule has 0 amide bonds. The lowest BCUT2D eigenvalue weighted by atomic mass is 9.78. The molecular formula is C25H23F2N. The summed E-state index contributed by atoms with van der Waals surface area (Å²) in [5.74, 6) is -0.380. The largest absolute Gasteiger partial charge is 0.242 e. The van der Waals surface area contributed by atoms with Crippen LogP contribution in [0.1, 0.15) is 55.5 Å². The predicted octanol–water partition coefficient (Wildman–Crippen LogP) is 7.28. The number of alkyl halides is 1. The molecule has 0 saturated heterocycles. The summed E-state index contributed by atoms with van der Waals surface area (Å²) in [4.78, 5) is 0. The number of rotatable bonds is 4. The van der Waals surface area contributed by atoms with Crippen molar-refractivity contribution in [2.24, 2.45) is 5.92 Å². The minimum atomic E-state index is -0.882. The fraction of sp³-hybridized carbons (Fsp3) is 0.320. The van der Waals surface area contributed by atoms with Crippen molar-refractivity contribution < 1.29 is 8.78 Å². The number of nitriles is 1. The van der Waals surface area contributed by atoms with E-state index in [1.54, 1.807) is 6.07 Å². The van der Waals surface area contributed by atoms with E-state index in [2.05, 4.69) is 6.92 Å². The Kier molecular flexibility index (Phi) is 5.13. The Bertz CT molecular complexity index is 1060. The molecular weight excluding hydrogens is 352 g/mol. The van der Waals surface area contributed by atoms with Crippen LogP contribution in [0.25, 0.3) is 21.9 Å². The summed E-state index contributed by atoms with van der Waals surface area (Å²) in [6.45, 7) is 2.15. The van der Waals surface area contributed by atoms with Crippen LogP contribution in [0.3, 0.4) is 0 Å². The standard InChI is InChI=1S/C25H23F2N/c1-2-3-4-16-7-11-22-21-10-8-17(13-19(21)9-12-23(22)25(16)27)18-5-6-20(15-28)24(26)14-18/h5-6,8-10,12-14,16,25H,2-4,7,11H2,1H3/t16-,25+/m0/s1. The van der Waals surface area contributed by atoms with Gasteiger partial charge in [-0.1, -0.05) is 50.1 Å². The average Bonchev–Trinajstić information content (AvgIpc) is 2.72. The lowest BCUT2D eigenvalue weighted by molar-refractivity contribution is 0.193. The average molecular weight is 375 g/mol. The Morgan fingerprint density at radius 2 is 1.86 bits per heavy atom. The van der Waals surface area contributed by atoms with Gasteiger partial charge in [0.05, 0.1) is 5.56 Å². The molecule has 28 heavy (non-hydrogen) atoms. The molecule has 0 aromatic heterocycles. The van der Waals surface area contributed by atoms with Gasteiger partial charge in [-0.05, 0) is 76.4 Å². The Balaban J connectivity index is 1.71. The van der Waals surface area contributed by atoms with Crippen molar-refractivity contribution in [3.63, 3.8) is 0 Å². The molecule has 0 aliphatic heterocycles. The van der Waals surface area contributed by atoms with E-state index < -0.39 is 12.0 Å². The number of unbranched alkanes of at least 4 members (excludes halogenated alkanes) is 1. The summed E-state index contributed by atoms with van der Waals surface area (Å²) >= 11 is 0. The molecule has 0 bridgehead atoms. The third kappa shape index (κ3) is 3.29. The van der Waals surface area contributed by atoms with Crippen molar-refractivity contribution in [3.8, 4) is 17.2 Å². The molecule has 0 saturated carbocycles. The Labute approximate surface area is 164 Å². The van der Waals surface area contributed by atoms with Crippen LogP contribution in [0.5, 0.6) is 0 Å². The van der Waals surface area contributed by atoms with Gasteiger partial charge >= 0.3 is 0 Å². The maximum atomic E-state index is 15.1. The maximum Gasteiger partial charge on any atom is 0.141 e. The van der Waals surface area contributed by atoms with Gasteiger partial charge in [0.15, 0.2) is 0 Å². The van der Waals surface area contributed by atoms with Gasteiger partial charge in [-0.15, -0.1) is 0 Å². The van der Waals surface area contributed by atoms with Crippen molar-refractivity contribution >= 4 is 10.8 Å². The van der Waals surface area contributed by atoms with Crippen molar-refractivity contribution in [2.75, 3.05) is 0 Å². The smallest absolute Gasteiger partial charge is 0.141 e. The van der Waals surface area contributed by atoms with Gasteiger partial charge < -0.3 is 0 Å². The highest BCUT2D eigenvalue weighted by molar-refractivity contribution is 5.91. The summed E-state index contributed by atoms with van der Waals surface area (Å²) in [7, 11) is 0. The minimum Gasteiger partial charge on any atom is -0.242 e. The molecule has 1 nitrogen and oxygen atoms in total. The number of hydrogen-bond donors (Lipinski definition) is 0. The van der Waals surface area contributed by atoms with Crippen molar-refractivity contribution in [1.29, 1.82) is 5.26 Å². The van der Waals surface area contributed by atoms with Gasteiger partial charge in [-0.2, -0.15) is 5.26 Å². The number of hydrogen-bond acceptors (Lipinski definition) is 1. The van der Waals surface area contributed by atoms with Gasteiger partial charge in [0.25, 0.3) is 0 Å². The molecule has 142 valence electrons. The third-order valence-electron chi connectivity index (χ3n) is 6.00. The Morgan fingerprint density at radius 1 is 1.07 bits per heavy atom. The molecule has 2 atom stereocenters. The zero-order valence-electron chi connectivity index (χ0n) is 16.0. The normalized spacial score (nSPS) is 18.6. The van der Waals surface area contributed by atoms with Crippen LogP contribution < -0.4 is 0 Å². The Morgan fingerprint density at radius 3 is 2.61 bits per heavy atom. The van der Waals surface area contributed by atoms with Gasteiger partial charge in [0.1, 0.15) is 18.1 Å². The third-order valence-corrected chi connectivity index (χ3v) is 6.00. The van der Waals surface area contributed by atoms with Crippen LogP contribution >= 0.6 is 0 Å². The van der Waals surface area contributed by atoms with Crippen LogP contribution in [-0.2, 0) is 6.42 Å². The molecule has 4 rings (SSSR count). The fourth-order valence-corrected chi connectivity index (χ4v) is 4.40. The second-order valence-corrected chi connectivity index (χ2v) is 7.72. The first-order valence-corrected chi connectivity index (χ1v) is 10.0. The summed E-state index contributed by atoms with van der Waals surface area (Å²) in [5.41, 5.74) is 3.64. The van der Waals surface area contributed by atoms with E-state index in [0.717, 1.165) is 65.1 Å². The summed E-state index contributed by atoms with van der Waals surface area (Å²) < 4.78 is 29.1. The van der Waals surface area contributed by atoms with E-state index in [1.165, 1.54) is 12.1 Å². The van der Waals surface area contributed by atoms with Crippen molar-refractivity contribution in [1.82, 2.24) is 0 Å². The highest BCUT2D eigenvalue weighted by Gasteiger charge is 2.29. The van der Waals surface area contributed by atoms with Gasteiger partial charge in [-0.25, -0.2) is 8.78 Å². The molecule has 0 spiro atoms. The topological polar surface area (TPSA) is 23.8 Å². The molecule has 1 aliphatic carbocycles. The monoisotopic (exact) mass is 375 g/mol. The van der Waals surface area contributed by atoms with E-state index >= 15 is 4.39 Å². The molecule has 0 N–H and O–H groups in total. The van der Waals surface area contributed by atoms with Crippen LogP contribution in [-0.4, -0.2) is 0 Å². The molecule has 3 aromatic rings. The lowest BCUT2D eigenvalue weighted by Gasteiger charge is -2.29. The van der Waals surface area contributed by atoms with E-state index in [0.29, 0.717) is 0 Å². The summed E-state index contributed by atoms with van der Waals surface area (Å²) in [5, 5.41) is 11.0. The second kappa shape index (κ2) is 7.72. The fourth-order valence-electron chi connectivity index (χ4n) is 4.40. The first-order chi connectivity index (χ1) is 13.6. The maximum absolute atomic E-state index is 15.1. The van der Waals surface area contributed by atoms with Gasteiger partial charge in [0.2, 0.25) is 0 Å². The molecule has 0 radical (unpaired) electrons. The van der Waals surface area contributed by atoms with Crippen molar-refractivity contribution in [3.05, 3.63) is 71.0 Å². The molecule has 3 aromatic carbocycles. The first-order valence-electron chi connectivity index (χ1n) is 10.0. The number of benzene rings is 3. The molecule has 0 unspecified atom stereocenters. The van der Waals surface area contributed by atoms with Crippen LogP contribution in [0.15, 0.2) is 48.5 Å². The Hall–Kier alpha value is -2.73. The van der Waals surface area contributed by atoms with Gasteiger partial charge in [-0.3, -0.25) is 0 Å². The molecule has 3 heteroatoms. The van der Waals surface area contributed by atoms with Crippen LogP contribution in [0, 0.1) is 23.1 Å². The zero-order valence-corrected chi connectivity index (χ0v) is 16.0. The van der Waals surface area contributed by atoms with Crippen LogP contribution in [0.2, 0.25) is 0 Å². The number of halogens is 2. The molecule has 1 aliphatic rings. The number of fused-ring (bicyclic) bond motifs is 3. The van der Waals surface area contributed by atoms with E-state index in [1.807, 2.05) is 36.4 Å². The minimum absolute atomic E-state index is 0.0465. The number of nitrogens with zero attached hydrogens (tertiary/aromatic N) is 1. The number of aryl methyl sites for hydroxylation is 1. The summed E-state index contributed by atoms with van der Waals surface area (Å²) in [6.07, 6.45) is 4.07. The zero-order chi connectivity index (χ0) is 19.7. The second-order valence-electron chi connectivity index (χ2n) is 7.72. The highest BCUT2D eigenvalue weighted by Crippen LogP contribution is 2.42. The van der Waals surface area contributed by atoms with E-state index in [9.17, 15) is 4.39 Å². The highest BCUT2D eigenvalue weighted by atomic mass is 19.1. The summed E-state index contributed by atoms with van der Waals surface area (Å²) in [6, 6.07) is 16.4.